The molecule has 0 saturated carbocycles. The van der Waals surface area contributed by atoms with Crippen molar-refractivity contribution in [1.82, 2.24) is 5.32 Å². The van der Waals surface area contributed by atoms with E-state index in [1.54, 1.807) is 19.1 Å². The van der Waals surface area contributed by atoms with Crippen LogP contribution in [0.5, 0.6) is 0 Å². The Balaban J connectivity index is 1.70. The Labute approximate surface area is 134 Å². The second kappa shape index (κ2) is 6.29. The van der Waals surface area contributed by atoms with Crippen LogP contribution < -0.4 is 5.32 Å². The summed E-state index contributed by atoms with van der Waals surface area (Å²) in [6.45, 7) is 3.65. The fourth-order valence-electron chi connectivity index (χ4n) is 3.32. The van der Waals surface area contributed by atoms with Gasteiger partial charge in [-0.1, -0.05) is 0 Å². The minimum atomic E-state index is -1.03. The van der Waals surface area contributed by atoms with Crippen molar-refractivity contribution < 1.29 is 24.2 Å². The van der Waals surface area contributed by atoms with E-state index < -0.39 is 5.97 Å². The lowest BCUT2D eigenvalue weighted by atomic mass is 9.89. The van der Waals surface area contributed by atoms with E-state index in [9.17, 15) is 9.59 Å². The Kier molecular flexibility index (Phi) is 4.37. The number of rotatable bonds is 3. The molecule has 6 heteroatoms. The molecule has 0 radical (unpaired) electrons. The summed E-state index contributed by atoms with van der Waals surface area (Å²) >= 11 is 0. The van der Waals surface area contributed by atoms with E-state index in [4.69, 9.17) is 14.6 Å². The van der Waals surface area contributed by atoms with Crippen molar-refractivity contribution in [3.63, 3.8) is 0 Å². The lowest BCUT2D eigenvalue weighted by Crippen LogP contribution is -2.49. The van der Waals surface area contributed by atoms with Gasteiger partial charge in [0, 0.05) is 31.2 Å². The number of benzene rings is 1. The van der Waals surface area contributed by atoms with E-state index in [0.717, 1.165) is 24.8 Å². The molecule has 1 aromatic carbocycles. The molecule has 2 N–H and O–H groups in total. The highest BCUT2D eigenvalue weighted by Gasteiger charge is 2.41. The molecule has 23 heavy (non-hydrogen) atoms. The predicted molar refractivity (Wildman–Crippen MR) is 82.7 cm³/mol. The molecule has 2 saturated heterocycles. The molecule has 2 heterocycles. The Bertz CT molecular complexity index is 621. The lowest BCUT2D eigenvalue weighted by molar-refractivity contribution is -0.0881. The van der Waals surface area contributed by atoms with Gasteiger partial charge < -0.3 is 19.9 Å². The van der Waals surface area contributed by atoms with Crippen LogP contribution in [0.4, 0.5) is 0 Å². The van der Waals surface area contributed by atoms with Crippen molar-refractivity contribution in [1.29, 1.82) is 0 Å². The van der Waals surface area contributed by atoms with Crippen molar-refractivity contribution in [2.45, 2.75) is 37.8 Å². The van der Waals surface area contributed by atoms with E-state index in [1.165, 1.54) is 6.07 Å². The topological polar surface area (TPSA) is 84.9 Å². The van der Waals surface area contributed by atoms with Crippen LogP contribution >= 0.6 is 0 Å². The first kappa shape index (κ1) is 16.0. The molecule has 0 aromatic heterocycles. The molecular weight excluding hydrogens is 298 g/mol. The molecule has 3 rings (SSSR count). The fourth-order valence-corrected chi connectivity index (χ4v) is 3.32. The maximum Gasteiger partial charge on any atom is 0.335 e. The molecular formula is C17H21NO5. The molecule has 0 unspecified atom stereocenters. The minimum Gasteiger partial charge on any atom is -0.478 e. The smallest absolute Gasteiger partial charge is 0.335 e. The van der Waals surface area contributed by atoms with E-state index in [0.29, 0.717) is 25.4 Å². The predicted octanol–water partition coefficient (Wildman–Crippen LogP) is 1.76. The SMILES string of the molecule is Cc1cc(C(=O)O)cc(C(=O)N[C@H]2CCO[C@@]3(CCOC3)C2)c1. The van der Waals surface area contributed by atoms with Crippen LogP contribution in [0.3, 0.4) is 0 Å². The Morgan fingerprint density at radius 3 is 2.74 bits per heavy atom. The average Bonchev–Trinajstić information content (AvgIpc) is 2.94. The Hall–Kier alpha value is -1.92. The molecule has 1 spiro atoms. The summed E-state index contributed by atoms with van der Waals surface area (Å²) in [6, 6.07) is 4.69. The lowest BCUT2D eigenvalue weighted by Gasteiger charge is -2.37. The van der Waals surface area contributed by atoms with Crippen LogP contribution in [-0.4, -0.2) is 48.4 Å². The third-order valence-electron chi connectivity index (χ3n) is 4.48. The molecule has 6 nitrogen and oxygen atoms in total. The number of carboxylic acid groups (broad SMARTS) is 1. The van der Waals surface area contributed by atoms with Gasteiger partial charge in [-0.05, 0) is 43.5 Å². The summed E-state index contributed by atoms with van der Waals surface area (Å²) in [4.78, 5) is 23.6. The molecule has 2 atom stereocenters. The highest BCUT2D eigenvalue weighted by Crippen LogP contribution is 2.32. The molecule has 2 aliphatic heterocycles. The van der Waals surface area contributed by atoms with Gasteiger partial charge in [0.2, 0.25) is 0 Å². The van der Waals surface area contributed by atoms with Gasteiger partial charge >= 0.3 is 5.97 Å². The number of hydrogen-bond acceptors (Lipinski definition) is 4. The van der Waals surface area contributed by atoms with Gasteiger partial charge in [0.05, 0.1) is 17.8 Å². The number of aryl methyl sites for hydroxylation is 1. The maximum atomic E-state index is 12.5. The largest absolute Gasteiger partial charge is 0.478 e. The third kappa shape index (κ3) is 3.54. The highest BCUT2D eigenvalue weighted by atomic mass is 16.6. The average molecular weight is 319 g/mol. The van der Waals surface area contributed by atoms with Gasteiger partial charge in [0.25, 0.3) is 5.91 Å². The normalized spacial score (nSPS) is 27.1. The summed E-state index contributed by atoms with van der Waals surface area (Å²) in [5, 5.41) is 12.1. The van der Waals surface area contributed by atoms with Gasteiger partial charge in [0.1, 0.15) is 0 Å². The molecule has 1 amide bonds. The number of carboxylic acids is 1. The van der Waals surface area contributed by atoms with Gasteiger partial charge in [-0.2, -0.15) is 0 Å². The second-order valence-corrected chi connectivity index (χ2v) is 6.39. The number of aromatic carboxylic acids is 1. The van der Waals surface area contributed by atoms with Crippen LogP contribution in [0.15, 0.2) is 18.2 Å². The van der Waals surface area contributed by atoms with Gasteiger partial charge in [-0.25, -0.2) is 4.79 Å². The summed E-state index contributed by atoms with van der Waals surface area (Å²) in [7, 11) is 0. The zero-order chi connectivity index (χ0) is 16.4. The van der Waals surface area contributed by atoms with Gasteiger partial charge in [-0.15, -0.1) is 0 Å². The van der Waals surface area contributed by atoms with Gasteiger partial charge in [-0.3, -0.25) is 4.79 Å². The van der Waals surface area contributed by atoms with Crippen molar-refractivity contribution in [3.8, 4) is 0 Å². The van der Waals surface area contributed by atoms with E-state index >= 15 is 0 Å². The summed E-state index contributed by atoms with van der Waals surface area (Å²) in [6.07, 6.45) is 2.34. The number of carbonyl (C=O) groups is 2. The summed E-state index contributed by atoms with van der Waals surface area (Å²) in [5.41, 5.74) is 0.991. The van der Waals surface area contributed by atoms with Crippen molar-refractivity contribution in [2.24, 2.45) is 0 Å². The maximum absolute atomic E-state index is 12.5. The van der Waals surface area contributed by atoms with E-state index in [2.05, 4.69) is 5.32 Å². The quantitative estimate of drug-likeness (QED) is 0.887. The number of amides is 1. The Morgan fingerprint density at radius 2 is 2.04 bits per heavy atom. The summed E-state index contributed by atoms with van der Waals surface area (Å²) in [5.74, 6) is -1.27. The molecule has 2 aliphatic rings. The monoisotopic (exact) mass is 319 g/mol. The number of hydrogen-bond donors (Lipinski definition) is 2. The van der Waals surface area contributed by atoms with Crippen LogP contribution in [0.2, 0.25) is 0 Å². The van der Waals surface area contributed by atoms with Crippen molar-refractivity contribution in [2.75, 3.05) is 19.8 Å². The molecule has 2 fully saturated rings. The van der Waals surface area contributed by atoms with Gasteiger partial charge in [0.15, 0.2) is 0 Å². The number of carbonyl (C=O) groups excluding carboxylic acids is 1. The zero-order valence-electron chi connectivity index (χ0n) is 13.1. The fraction of sp³-hybridized carbons (Fsp3) is 0.529. The zero-order valence-corrected chi connectivity index (χ0v) is 13.1. The molecule has 0 bridgehead atoms. The third-order valence-corrected chi connectivity index (χ3v) is 4.48. The molecule has 0 aliphatic carbocycles. The number of nitrogens with one attached hydrogen (secondary N) is 1. The standard InChI is InChI=1S/C17H21NO5/c1-11-6-12(8-13(7-11)16(20)21)15(19)18-14-2-4-23-17(9-14)3-5-22-10-17/h6-8,14H,2-5,9-10H2,1H3,(H,18,19)(H,20,21)/t14-,17-/m0/s1. The van der Waals surface area contributed by atoms with Crippen LogP contribution in [0.25, 0.3) is 0 Å². The Morgan fingerprint density at radius 1 is 1.26 bits per heavy atom. The van der Waals surface area contributed by atoms with Crippen molar-refractivity contribution in [3.05, 3.63) is 34.9 Å². The first-order valence-electron chi connectivity index (χ1n) is 7.85. The minimum absolute atomic E-state index is 0.0201. The van der Waals surface area contributed by atoms with Crippen LogP contribution in [-0.2, 0) is 9.47 Å². The highest BCUT2D eigenvalue weighted by molar-refractivity contribution is 5.98. The van der Waals surface area contributed by atoms with E-state index in [1.807, 2.05) is 0 Å². The second-order valence-electron chi connectivity index (χ2n) is 6.39. The van der Waals surface area contributed by atoms with Crippen molar-refractivity contribution >= 4 is 11.9 Å². The first-order valence-corrected chi connectivity index (χ1v) is 7.85. The summed E-state index contributed by atoms with van der Waals surface area (Å²) < 4.78 is 11.3. The van der Waals surface area contributed by atoms with Crippen LogP contribution in [0, 0.1) is 6.92 Å². The molecule has 1 aromatic rings. The van der Waals surface area contributed by atoms with Crippen LogP contribution in [0.1, 0.15) is 45.5 Å². The molecule has 124 valence electrons. The van der Waals surface area contributed by atoms with E-state index in [-0.39, 0.29) is 23.1 Å². The first-order chi connectivity index (χ1) is 11.0. The number of ether oxygens (including phenoxy) is 2.